The molecular formula is C12H20N4OS. The molecule has 0 radical (unpaired) electrons. The van der Waals surface area contributed by atoms with Gasteiger partial charge in [-0.25, -0.2) is 0 Å². The van der Waals surface area contributed by atoms with Crippen LogP contribution >= 0.6 is 11.5 Å². The van der Waals surface area contributed by atoms with Crippen LogP contribution in [0.4, 0.5) is 0 Å². The van der Waals surface area contributed by atoms with Gasteiger partial charge in [-0.2, -0.15) is 0 Å². The minimum Gasteiger partial charge on any atom is -0.333 e. The Morgan fingerprint density at radius 3 is 2.83 bits per heavy atom. The predicted octanol–water partition coefficient (Wildman–Crippen LogP) is 1.27. The average Bonchev–Trinajstić information content (AvgIpc) is 2.77. The zero-order valence-electron chi connectivity index (χ0n) is 11.4. The van der Waals surface area contributed by atoms with Crippen LogP contribution < -0.4 is 5.32 Å². The first-order valence-electron chi connectivity index (χ1n) is 6.26. The SMILES string of the molecule is CC1CNCCN1C(=O)c1snnc1C(C)(C)C. The maximum absolute atomic E-state index is 12.6. The van der Waals surface area contributed by atoms with E-state index in [-0.39, 0.29) is 17.4 Å². The van der Waals surface area contributed by atoms with Gasteiger partial charge in [0, 0.05) is 31.1 Å². The Kier molecular flexibility index (Phi) is 3.68. The van der Waals surface area contributed by atoms with Crippen LogP contribution in [0, 0.1) is 0 Å². The molecule has 100 valence electrons. The smallest absolute Gasteiger partial charge is 0.267 e. The zero-order chi connectivity index (χ0) is 13.3. The molecule has 1 aromatic rings. The van der Waals surface area contributed by atoms with Gasteiger partial charge >= 0.3 is 0 Å². The lowest BCUT2D eigenvalue weighted by Gasteiger charge is -2.34. The second kappa shape index (κ2) is 4.93. The van der Waals surface area contributed by atoms with Gasteiger partial charge in [0.15, 0.2) is 0 Å². The van der Waals surface area contributed by atoms with Crippen molar-refractivity contribution in [1.82, 2.24) is 19.8 Å². The Bertz CT molecular complexity index is 438. The summed E-state index contributed by atoms with van der Waals surface area (Å²) in [5.41, 5.74) is 0.665. The van der Waals surface area contributed by atoms with Crippen molar-refractivity contribution >= 4 is 17.4 Å². The van der Waals surface area contributed by atoms with E-state index in [1.807, 2.05) is 4.90 Å². The highest BCUT2D eigenvalue weighted by molar-refractivity contribution is 7.08. The van der Waals surface area contributed by atoms with Gasteiger partial charge in [0.1, 0.15) is 4.88 Å². The maximum atomic E-state index is 12.6. The van der Waals surface area contributed by atoms with Crippen molar-refractivity contribution in [1.29, 1.82) is 0 Å². The molecule has 1 aromatic heterocycles. The highest BCUT2D eigenvalue weighted by Gasteiger charge is 2.31. The third-order valence-electron chi connectivity index (χ3n) is 3.15. The van der Waals surface area contributed by atoms with Gasteiger partial charge in [0.05, 0.1) is 5.69 Å². The molecule has 5 nitrogen and oxygen atoms in total. The van der Waals surface area contributed by atoms with Gasteiger partial charge in [-0.3, -0.25) is 4.79 Å². The first-order chi connectivity index (χ1) is 8.41. The number of rotatable bonds is 1. The van der Waals surface area contributed by atoms with Gasteiger partial charge in [0.2, 0.25) is 0 Å². The molecule has 1 aliphatic rings. The Morgan fingerprint density at radius 1 is 1.50 bits per heavy atom. The molecule has 2 rings (SSSR count). The van der Waals surface area contributed by atoms with E-state index in [0.717, 1.165) is 25.3 Å². The molecule has 18 heavy (non-hydrogen) atoms. The third-order valence-corrected chi connectivity index (χ3v) is 3.87. The molecule has 0 saturated carbocycles. The fraction of sp³-hybridized carbons (Fsp3) is 0.750. The van der Waals surface area contributed by atoms with Crippen molar-refractivity contribution in [2.24, 2.45) is 0 Å². The van der Waals surface area contributed by atoms with Gasteiger partial charge in [-0.15, -0.1) is 5.10 Å². The number of hydrogen-bond acceptors (Lipinski definition) is 5. The van der Waals surface area contributed by atoms with Crippen LogP contribution in [-0.4, -0.2) is 46.1 Å². The van der Waals surface area contributed by atoms with Crippen LogP contribution in [0.1, 0.15) is 43.1 Å². The lowest BCUT2D eigenvalue weighted by atomic mass is 9.91. The molecule has 1 aliphatic heterocycles. The summed E-state index contributed by atoms with van der Waals surface area (Å²) in [4.78, 5) is 15.2. The van der Waals surface area contributed by atoms with Crippen LogP contribution in [0.15, 0.2) is 0 Å². The average molecular weight is 268 g/mol. The summed E-state index contributed by atoms with van der Waals surface area (Å²) in [6.45, 7) is 10.7. The highest BCUT2D eigenvalue weighted by Crippen LogP contribution is 2.27. The van der Waals surface area contributed by atoms with E-state index in [9.17, 15) is 4.79 Å². The van der Waals surface area contributed by atoms with Gasteiger partial charge in [-0.05, 0) is 18.5 Å². The van der Waals surface area contributed by atoms with Crippen molar-refractivity contribution in [3.05, 3.63) is 10.6 Å². The fourth-order valence-corrected chi connectivity index (χ4v) is 2.93. The number of nitrogens with one attached hydrogen (secondary N) is 1. The molecule has 0 aliphatic carbocycles. The van der Waals surface area contributed by atoms with E-state index < -0.39 is 0 Å². The molecule has 1 atom stereocenters. The number of hydrogen-bond donors (Lipinski definition) is 1. The second-order valence-corrected chi connectivity index (χ2v) is 6.51. The molecular weight excluding hydrogens is 248 g/mol. The molecule has 1 fully saturated rings. The fourth-order valence-electron chi connectivity index (χ4n) is 2.09. The summed E-state index contributed by atoms with van der Waals surface area (Å²) in [6.07, 6.45) is 0. The zero-order valence-corrected chi connectivity index (χ0v) is 12.2. The summed E-state index contributed by atoms with van der Waals surface area (Å²) in [6, 6.07) is 0.223. The van der Waals surface area contributed by atoms with E-state index in [1.54, 1.807) is 0 Å². The van der Waals surface area contributed by atoms with Crippen LogP contribution in [0.25, 0.3) is 0 Å². The maximum Gasteiger partial charge on any atom is 0.267 e. The predicted molar refractivity (Wildman–Crippen MR) is 72.0 cm³/mol. The molecule has 0 aromatic carbocycles. The van der Waals surface area contributed by atoms with Crippen LogP contribution in [0.5, 0.6) is 0 Å². The Hall–Kier alpha value is -1.01. The monoisotopic (exact) mass is 268 g/mol. The van der Waals surface area contributed by atoms with Crippen LogP contribution in [0.2, 0.25) is 0 Å². The molecule has 1 saturated heterocycles. The summed E-state index contributed by atoms with van der Waals surface area (Å²) in [5, 5.41) is 7.42. The third kappa shape index (κ3) is 2.54. The van der Waals surface area contributed by atoms with E-state index in [4.69, 9.17) is 0 Å². The number of carbonyl (C=O) groups excluding carboxylic acids is 1. The summed E-state index contributed by atoms with van der Waals surface area (Å²) in [7, 11) is 0. The number of amides is 1. The number of aromatic nitrogens is 2. The summed E-state index contributed by atoms with van der Waals surface area (Å²) >= 11 is 1.21. The Balaban J connectivity index is 2.26. The van der Waals surface area contributed by atoms with Crippen molar-refractivity contribution in [2.45, 2.75) is 39.2 Å². The molecule has 6 heteroatoms. The van der Waals surface area contributed by atoms with E-state index in [0.29, 0.717) is 4.88 Å². The lowest BCUT2D eigenvalue weighted by molar-refractivity contribution is 0.0658. The van der Waals surface area contributed by atoms with E-state index in [2.05, 4.69) is 42.6 Å². The summed E-state index contributed by atoms with van der Waals surface area (Å²) < 4.78 is 3.96. The second-order valence-electron chi connectivity index (χ2n) is 5.75. The van der Waals surface area contributed by atoms with Crippen molar-refractivity contribution in [2.75, 3.05) is 19.6 Å². The minimum absolute atomic E-state index is 0.0731. The lowest BCUT2D eigenvalue weighted by Crippen LogP contribution is -2.52. The number of piperazine rings is 1. The quantitative estimate of drug-likeness (QED) is 0.833. The first-order valence-corrected chi connectivity index (χ1v) is 7.03. The van der Waals surface area contributed by atoms with Gasteiger partial charge in [-0.1, -0.05) is 25.3 Å². The molecule has 2 heterocycles. The molecule has 0 bridgehead atoms. The molecule has 1 amide bonds. The Labute approximate surface area is 112 Å². The first kappa shape index (κ1) is 13.4. The van der Waals surface area contributed by atoms with Crippen molar-refractivity contribution < 1.29 is 4.79 Å². The van der Waals surface area contributed by atoms with E-state index >= 15 is 0 Å². The van der Waals surface area contributed by atoms with Gasteiger partial charge < -0.3 is 10.2 Å². The van der Waals surface area contributed by atoms with Crippen LogP contribution in [0.3, 0.4) is 0 Å². The molecule has 0 spiro atoms. The number of nitrogens with zero attached hydrogens (tertiary/aromatic N) is 3. The largest absolute Gasteiger partial charge is 0.333 e. The highest BCUT2D eigenvalue weighted by atomic mass is 32.1. The number of carbonyl (C=O) groups is 1. The van der Waals surface area contributed by atoms with Crippen molar-refractivity contribution in [3.63, 3.8) is 0 Å². The van der Waals surface area contributed by atoms with Crippen LogP contribution in [-0.2, 0) is 5.41 Å². The minimum atomic E-state index is -0.144. The van der Waals surface area contributed by atoms with E-state index in [1.165, 1.54) is 11.5 Å². The van der Waals surface area contributed by atoms with Crippen molar-refractivity contribution in [3.8, 4) is 0 Å². The Morgan fingerprint density at radius 2 is 2.22 bits per heavy atom. The normalized spacial score (nSPS) is 21.1. The molecule has 1 unspecified atom stereocenters. The topological polar surface area (TPSA) is 58.1 Å². The van der Waals surface area contributed by atoms with Gasteiger partial charge in [0.25, 0.3) is 5.91 Å². The standard InChI is InChI=1S/C12H20N4OS/c1-8-7-13-5-6-16(8)11(17)9-10(12(2,3)4)14-15-18-9/h8,13H,5-7H2,1-4H3. The summed E-state index contributed by atoms with van der Waals surface area (Å²) in [5.74, 6) is 0.0731. The molecule has 1 N–H and O–H groups in total.